The zero-order chi connectivity index (χ0) is 13.8. The average molecular weight is 329 g/mol. The van der Waals surface area contributed by atoms with E-state index in [1.807, 2.05) is 0 Å². The minimum Gasteiger partial charge on any atom is -0.497 e. The van der Waals surface area contributed by atoms with E-state index in [0.717, 1.165) is 19.3 Å². The molecule has 1 unspecified atom stereocenters. The lowest BCUT2D eigenvalue weighted by molar-refractivity contribution is 0.0184. The number of ether oxygens (including phenoxy) is 3. The van der Waals surface area contributed by atoms with Crippen molar-refractivity contribution in [2.24, 2.45) is 0 Å². The molecule has 1 aliphatic heterocycles. The highest BCUT2D eigenvalue weighted by atomic mass is 79.9. The maximum atomic E-state index is 12.5. The van der Waals surface area contributed by atoms with Crippen molar-refractivity contribution in [1.29, 1.82) is 0 Å². The number of hydrogen-bond donors (Lipinski definition) is 0. The lowest BCUT2D eigenvalue weighted by Crippen LogP contribution is -2.28. The van der Waals surface area contributed by atoms with Crippen LogP contribution in [0, 0.1) is 0 Å². The number of Topliss-reactive ketones (excluding diaryl/α,β-unsaturated/α-hetero) is 1. The van der Waals surface area contributed by atoms with Crippen LogP contribution in [0.3, 0.4) is 0 Å². The summed E-state index contributed by atoms with van der Waals surface area (Å²) in [6.45, 7) is 0.645. The van der Waals surface area contributed by atoms with Crippen LogP contribution in [0.15, 0.2) is 16.6 Å². The van der Waals surface area contributed by atoms with Crippen LogP contribution >= 0.6 is 15.9 Å². The molecule has 1 fully saturated rings. The van der Waals surface area contributed by atoms with Gasteiger partial charge in [-0.1, -0.05) is 0 Å². The molecule has 0 aromatic heterocycles. The van der Waals surface area contributed by atoms with Gasteiger partial charge in [-0.15, -0.1) is 0 Å². The number of carbonyl (C=O) groups is 1. The molecule has 4 nitrogen and oxygen atoms in total. The Kier molecular flexibility index (Phi) is 4.82. The number of halogens is 1. The maximum absolute atomic E-state index is 12.5. The van der Waals surface area contributed by atoms with Gasteiger partial charge in [-0.2, -0.15) is 0 Å². The van der Waals surface area contributed by atoms with Crippen molar-refractivity contribution < 1.29 is 19.0 Å². The molecular formula is C14H17BrO4. The molecule has 0 amide bonds. The summed E-state index contributed by atoms with van der Waals surface area (Å²) < 4.78 is 16.7. The van der Waals surface area contributed by atoms with E-state index in [2.05, 4.69) is 15.9 Å². The summed E-state index contributed by atoms with van der Waals surface area (Å²) in [6, 6.07) is 3.47. The molecule has 1 aromatic carbocycles. The van der Waals surface area contributed by atoms with Gasteiger partial charge in [-0.05, 0) is 41.3 Å². The molecule has 1 heterocycles. The first-order valence-corrected chi connectivity index (χ1v) is 7.04. The third kappa shape index (κ3) is 3.09. The van der Waals surface area contributed by atoms with Crippen LogP contribution in [0.25, 0.3) is 0 Å². The summed E-state index contributed by atoms with van der Waals surface area (Å²) in [4.78, 5) is 12.5. The molecule has 1 aliphatic rings. The number of ketones is 1. The van der Waals surface area contributed by atoms with Crippen molar-refractivity contribution in [2.45, 2.75) is 25.4 Å². The Morgan fingerprint density at radius 3 is 2.68 bits per heavy atom. The lowest BCUT2D eigenvalue weighted by Gasteiger charge is -2.22. The molecule has 0 N–H and O–H groups in total. The van der Waals surface area contributed by atoms with Gasteiger partial charge < -0.3 is 14.2 Å². The smallest absolute Gasteiger partial charge is 0.196 e. The van der Waals surface area contributed by atoms with Gasteiger partial charge >= 0.3 is 0 Å². The second-order valence-electron chi connectivity index (χ2n) is 4.41. The first kappa shape index (κ1) is 14.3. The van der Waals surface area contributed by atoms with Gasteiger partial charge in [0.05, 0.1) is 19.8 Å². The van der Waals surface area contributed by atoms with Gasteiger partial charge in [0, 0.05) is 17.1 Å². The fourth-order valence-corrected chi connectivity index (χ4v) is 2.80. The number of benzene rings is 1. The van der Waals surface area contributed by atoms with Crippen molar-refractivity contribution in [3.05, 3.63) is 22.2 Å². The minimum atomic E-state index is -0.368. The first-order valence-electron chi connectivity index (χ1n) is 6.24. The molecule has 0 saturated carbocycles. The summed E-state index contributed by atoms with van der Waals surface area (Å²) >= 11 is 3.41. The van der Waals surface area contributed by atoms with Gasteiger partial charge in [0.1, 0.15) is 17.6 Å². The Morgan fingerprint density at radius 2 is 2.11 bits per heavy atom. The Bertz CT molecular complexity index is 467. The monoisotopic (exact) mass is 328 g/mol. The van der Waals surface area contributed by atoms with Gasteiger partial charge in [-0.3, -0.25) is 4.79 Å². The van der Waals surface area contributed by atoms with Crippen molar-refractivity contribution in [3.8, 4) is 11.5 Å². The highest BCUT2D eigenvalue weighted by Crippen LogP contribution is 2.34. The van der Waals surface area contributed by atoms with E-state index in [9.17, 15) is 4.79 Å². The van der Waals surface area contributed by atoms with Crippen LogP contribution in [0.4, 0.5) is 0 Å². The highest BCUT2D eigenvalue weighted by molar-refractivity contribution is 9.10. The standard InChI is InChI=1S/C14H17BrO4/c1-17-9-7-10(15)13(12(8-9)18-2)14(16)11-5-3-4-6-19-11/h7-8,11H,3-6H2,1-2H3. The third-order valence-corrected chi connectivity index (χ3v) is 3.83. The predicted octanol–water partition coefficient (Wildman–Crippen LogP) is 3.22. The Labute approximate surface area is 121 Å². The van der Waals surface area contributed by atoms with Crippen LogP contribution < -0.4 is 9.47 Å². The molecule has 0 aliphatic carbocycles. The van der Waals surface area contributed by atoms with Crippen LogP contribution in [-0.2, 0) is 4.74 Å². The van der Waals surface area contributed by atoms with Gasteiger partial charge in [0.2, 0.25) is 0 Å². The van der Waals surface area contributed by atoms with Crippen molar-refractivity contribution in [3.63, 3.8) is 0 Å². The molecule has 5 heteroatoms. The summed E-state index contributed by atoms with van der Waals surface area (Å²) in [7, 11) is 3.12. The summed E-state index contributed by atoms with van der Waals surface area (Å²) in [5.41, 5.74) is 0.523. The number of hydrogen-bond acceptors (Lipinski definition) is 4. The molecule has 0 bridgehead atoms. The second kappa shape index (κ2) is 6.39. The molecule has 1 saturated heterocycles. The van der Waals surface area contributed by atoms with E-state index in [0.29, 0.717) is 28.1 Å². The summed E-state index contributed by atoms with van der Waals surface area (Å²) in [5, 5.41) is 0. The largest absolute Gasteiger partial charge is 0.497 e. The zero-order valence-corrected chi connectivity index (χ0v) is 12.7. The minimum absolute atomic E-state index is 0.0360. The maximum Gasteiger partial charge on any atom is 0.196 e. The van der Waals surface area contributed by atoms with E-state index >= 15 is 0 Å². The highest BCUT2D eigenvalue weighted by Gasteiger charge is 2.28. The van der Waals surface area contributed by atoms with Crippen LogP contribution in [0.5, 0.6) is 11.5 Å². The molecule has 0 spiro atoms. The zero-order valence-electron chi connectivity index (χ0n) is 11.1. The quantitative estimate of drug-likeness (QED) is 0.796. The van der Waals surface area contributed by atoms with E-state index in [1.165, 1.54) is 0 Å². The molecule has 0 radical (unpaired) electrons. The topological polar surface area (TPSA) is 44.8 Å². The normalized spacial score (nSPS) is 19.0. The molecule has 1 aromatic rings. The molecule has 19 heavy (non-hydrogen) atoms. The van der Waals surface area contributed by atoms with Crippen LogP contribution in [-0.4, -0.2) is 32.7 Å². The fourth-order valence-electron chi connectivity index (χ4n) is 2.18. The average Bonchev–Trinajstić information content (AvgIpc) is 2.46. The van der Waals surface area contributed by atoms with Crippen molar-refractivity contribution >= 4 is 21.7 Å². The lowest BCUT2D eigenvalue weighted by atomic mass is 9.99. The van der Waals surface area contributed by atoms with E-state index < -0.39 is 0 Å². The predicted molar refractivity (Wildman–Crippen MR) is 75.2 cm³/mol. The van der Waals surface area contributed by atoms with Gasteiger partial charge in [0.25, 0.3) is 0 Å². The Morgan fingerprint density at radius 1 is 1.32 bits per heavy atom. The van der Waals surface area contributed by atoms with E-state index in [-0.39, 0.29) is 11.9 Å². The van der Waals surface area contributed by atoms with Crippen molar-refractivity contribution in [1.82, 2.24) is 0 Å². The van der Waals surface area contributed by atoms with E-state index in [4.69, 9.17) is 14.2 Å². The number of carbonyl (C=O) groups excluding carboxylic acids is 1. The first-order chi connectivity index (χ1) is 9.17. The molecule has 1 atom stereocenters. The van der Waals surface area contributed by atoms with Gasteiger partial charge in [-0.25, -0.2) is 0 Å². The Balaban J connectivity index is 2.34. The summed E-state index contributed by atoms with van der Waals surface area (Å²) in [5.74, 6) is 1.11. The molecule has 104 valence electrons. The van der Waals surface area contributed by atoms with E-state index in [1.54, 1.807) is 26.4 Å². The molecular weight excluding hydrogens is 312 g/mol. The number of rotatable bonds is 4. The van der Waals surface area contributed by atoms with Crippen LogP contribution in [0.2, 0.25) is 0 Å². The summed E-state index contributed by atoms with van der Waals surface area (Å²) in [6.07, 6.45) is 2.44. The van der Waals surface area contributed by atoms with Gasteiger partial charge in [0.15, 0.2) is 5.78 Å². The second-order valence-corrected chi connectivity index (χ2v) is 5.26. The number of methoxy groups -OCH3 is 2. The molecule has 2 rings (SSSR count). The SMILES string of the molecule is COc1cc(Br)c(C(=O)C2CCCCO2)c(OC)c1. The third-order valence-electron chi connectivity index (χ3n) is 3.20. The Hall–Kier alpha value is -1.07. The van der Waals surface area contributed by atoms with Crippen molar-refractivity contribution in [2.75, 3.05) is 20.8 Å². The fraction of sp³-hybridized carbons (Fsp3) is 0.500. The van der Waals surface area contributed by atoms with Crippen LogP contribution in [0.1, 0.15) is 29.6 Å².